The zero-order valence-corrected chi connectivity index (χ0v) is 21.1. The molecule has 0 spiro atoms. The number of rotatable bonds is 9. The van der Waals surface area contributed by atoms with E-state index in [1.54, 1.807) is 17.0 Å². The molecular weight excluding hydrogens is 442 g/mol. The van der Waals surface area contributed by atoms with E-state index >= 15 is 0 Å². The minimum atomic E-state index is -1.20. The van der Waals surface area contributed by atoms with Crippen LogP contribution in [0.25, 0.3) is 11.2 Å². The monoisotopic (exact) mass is 477 g/mol. The number of fused-ring (bicyclic) bond motifs is 1. The summed E-state index contributed by atoms with van der Waals surface area (Å²) in [5.41, 5.74) is 1.45. The number of carboxylic acid groups (broad SMARTS) is 1. The highest BCUT2D eigenvalue weighted by atomic mass is 28.3. The second-order valence-electron chi connectivity index (χ2n) is 9.69. The lowest BCUT2D eigenvalue weighted by molar-refractivity contribution is 0.0584. The lowest BCUT2D eigenvalue weighted by atomic mass is 10.0. The van der Waals surface area contributed by atoms with Gasteiger partial charge in [-0.25, -0.2) is 14.8 Å². The van der Waals surface area contributed by atoms with Gasteiger partial charge < -0.3 is 29.4 Å². The van der Waals surface area contributed by atoms with E-state index in [0.29, 0.717) is 61.9 Å². The van der Waals surface area contributed by atoms with Crippen molar-refractivity contribution in [3.8, 4) is 5.88 Å². The van der Waals surface area contributed by atoms with Crippen molar-refractivity contribution in [2.75, 3.05) is 19.7 Å². The first-order valence-corrected chi connectivity index (χ1v) is 15.2. The lowest BCUT2D eigenvalue weighted by Crippen LogP contribution is -2.46. The number of likely N-dealkylation sites (tertiary alicyclic amines) is 1. The van der Waals surface area contributed by atoms with Gasteiger partial charge >= 0.3 is 6.09 Å². The molecule has 1 saturated heterocycles. The Morgan fingerprint density at radius 1 is 1.33 bits per heavy atom. The molecule has 2 unspecified atom stereocenters. The maximum Gasteiger partial charge on any atom is 0.407 e. The summed E-state index contributed by atoms with van der Waals surface area (Å²) in [7, 11) is -1.20. The molecule has 3 heterocycles. The fourth-order valence-corrected chi connectivity index (χ4v) is 4.60. The Morgan fingerprint density at radius 3 is 2.73 bits per heavy atom. The van der Waals surface area contributed by atoms with E-state index in [9.17, 15) is 14.7 Å². The van der Waals surface area contributed by atoms with Gasteiger partial charge in [0.15, 0.2) is 5.65 Å². The Hall–Kier alpha value is -2.66. The van der Waals surface area contributed by atoms with Gasteiger partial charge in [0, 0.05) is 52.9 Å². The van der Waals surface area contributed by atoms with Crippen LogP contribution >= 0.6 is 0 Å². The normalized spacial score (nSPS) is 19.0. The van der Waals surface area contributed by atoms with Crippen LogP contribution < -0.4 is 10.1 Å². The first-order chi connectivity index (χ1) is 15.6. The van der Waals surface area contributed by atoms with Crippen LogP contribution in [0.1, 0.15) is 37.0 Å². The summed E-state index contributed by atoms with van der Waals surface area (Å²) in [5.74, 6) is 0.101. The lowest BCUT2D eigenvalue weighted by Gasteiger charge is -2.35. The van der Waals surface area contributed by atoms with Crippen molar-refractivity contribution in [3.05, 3.63) is 18.0 Å². The maximum atomic E-state index is 12.6. The Balaban J connectivity index is 1.78. The first kappa shape index (κ1) is 25.0. The van der Waals surface area contributed by atoms with Gasteiger partial charge in [-0.1, -0.05) is 19.6 Å². The number of nitrogens with one attached hydrogen (secondary N) is 1. The molecule has 0 aliphatic carbocycles. The van der Waals surface area contributed by atoms with Gasteiger partial charge in [-0.05, 0) is 19.9 Å². The average molecular weight is 478 g/mol. The van der Waals surface area contributed by atoms with Crippen molar-refractivity contribution in [1.29, 1.82) is 0 Å². The van der Waals surface area contributed by atoms with Gasteiger partial charge in [0.05, 0.1) is 11.8 Å². The number of amides is 2. The number of carbonyl (C=O) groups excluding carboxylic acids is 1. The van der Waals surface area contributed by atoms with E-state index in [4.69, 9.17) is 9.47 Å². The van der Waals surface area contributed by atoms with E-state index in [1.165, 1.54) is 4.90 Å². The van der Waals surface area contributed by atoms with Crippen molar-refractivity contribution >= 4 is 31.2 Å². The molecular formula is C22H35N5O5Si. The van der Waals surface area contributed by atoms with E-state index in [0.717, 1.165) is 6.04 Å². The van der Waals surface area contributed by atoms with Crippen LogP contribution in [0.3, 0.4) is 0 Å². The minimum absolute atomic E-state index is 0.141. The minimum Gasteiger partial charge on any atom is -0.473 e. The van der Waals surface area contributed by atoms with Gasteiger partial charge in [-0.15, -0.1) is 0 Å². The van der Waals surface area contributed by atoms with Crippen molar-refractivity contribution < 1.29 is 24.2 Å². The molecule has 3 rings (SSSR count). The predicted octanol–water partition coefficient (Wildman–Crippen LogP) is 3.40. The highest BCUT2D eigenvalue weighted by Gasteiger charge is 2.30. The van der Waals surface area contributed by atoms with Crippen LogP contribution in [0.2, 0.25) is 25.7 Å². The van der Waals surface area contributed by atoms with Gasteiger partial charge in [0.2, 0.25) is 5.88 Å². The molecule has 33 heavy (non-hydrogen) atoms. The highest BCUT2D eigenvalue weighted by molar-refractivity contribution is 6.76. The van der Waals surface area contributed by atoms with Crippen molar-refractivity contribution in [1.82, 2.24) is 24.8 Å². The smallest absolute Gasteiger partial charge is 0.407 e. The molecule has 0 saturated carbocycles. The van der Waals surface area contributed by atoms with E-state index in [2.05, 4.69) is 34.9 Å². The Labute approximate surface area is 195 Å². The number of piperidine rings is 1. The predicted molar refractivity (Wildman–Crippen MR) is 127 cm³/mol. The SMILES string of the molecule is CCNC(=O)c1cn(COCC[Si](C)(C)C)c2ncc(OC3CCN(C(=O)O)C(C)C3)nc12. The highest BCUT2D eigenvalue weighted by Crippen LogP contribution is 2.25. The number of hydrogen-bond donors (Lipinski definition) is 2. The quantitative estimate of drug-likeness (QED) is 0.420. The van der Waals surface area contributed by atoms with Crippen molar-refractivity contribution in [3.63, 3.8) is 0 Å². The summed E-state index contributed by atoms with van der Waals surface area (Å²) < 4.78 is 13.7. The van der Waals surface area contributed by atoms with Gasteiger partial charge in [-0.2, -0.15) is 0 Å². The molecule has 2 atom stereocenters. The molecule has 10 nitrogen and oxygen atoms in total. The number of hydrogen-bond acceptors (Lipinski definition) is 6. The topological polar surface area (TPSA) is 119 Å². The molecule has 1 aliphatic heterocycles. The summed E-state index contributed by atoms with van der Waals surface area (Å²) in [4.78, 5) is 34.5. The largest absolute Gasteiger partial charge is 0.473 e. The standard InChI is InChI=1S/C22H35N5O5Si/c1-6-23-21(28)17-13-26(14-31-9-10-33(3,4)5)20-19(17)25-18(12-24-20)32-16-7-8-27(22(29)30)15(2)11-16/h12-13,15-16H,6-11,14H2,1-5H3,(H,23,28)(H,29,30). The van der Waals surface area contributed by atoms with E-state index in [-0.39, 0.29) is 18.1 Å². The Kier molecular flexibility index (Phi) is 7.95. The zero-order chi connectivity index (χ0) is 24.2. The van der Waals surface area contributed by atoms with Gasteiger partial charge in [-0.3, -0.25) is 4.79 Å². The average Bonchev–Trinajstić information content (AvgIpc) is 3.08. The van der Waals surface area contributed by atoms with Crippen LogP contribution in [0.15, 0.2) is 12.4 Å². The first-order valence-electron chi connectivity index (χ1n) is 11.5. The number of aromatic nitrogens is 3. The summed E-state index contributed by atoms with van der Waals surface area (Å²) in [6.45, 7) is 12.5. The van der Waals surface area contributed by atoms with Crippen LogP contribution in [0, 0.1) is 0 Å². The molecule has 1 fully saturated rings. The van der Waals surface area contributed by atoms with Crippen LogP contribution in [-0.2, 0) is 11.5 Å². The molecule has 2 aromatic heterocycles. The second-order valence-corrected chi connectivity index (χ2v) is 15.3. The third-order valence-corrected chi connectivity index (χ3v) is 7.42. The molecule has 0 radical (unpaired) electrons. The second kappa shape index (κ2) is 10.5. The molecule has 1 aliphatic rings. The van der Waals surface area contributed by atoms with Crippen LogP contribution in [-0.4, -0.2) is 76.5 Å². The van der Waals surface area contributed by atoms with E-state index < -0.39 is 14.2 Å². The van der Waals surface area contributed by atoms with Crippen molar-refractivity contribution in [2.45, 2.75) is 71.3 Å². The number of ether oxygens (including phenoxy) is 2. The summed E-state index contributed by atoms with van der Waals surface area (Å²) in [6, 6.07) is 0.913. The van der Waals surface area contributed by atoms with Crippen LogP contribution in [0.4, 0.5) is 4.79 Å². The van der Waals surface area contributed by atoms with Crippen LogP contribution in [0.5, 0.6) is 5.88 Å². The maximum absolute atomic E-state index is 12.6. The summed E-state index contributed by atoms with van der Waals surface area (Å²) in [6.07, 6.45) is 3.34. The van der Waals surface area contributed by atoms with E-state index in [1.807, 2.05) is 13.8 Å². The zero-order valence-electron chi connectivity index (χ0n) is 20.1. The molecule has 11 heteroatoms. The fraction of sp³-hybridized carbons (Fsp3) is 0.636. The van der Waals surface area contributed by atoms with Crippen molar-refractivity contribution in [2.24, 2.45) is 0 Å². The molecule has 182 valence electrons. The van der Waals surface area contributed by atoms with Gasteiger partial charge in [0.25, 0.3) is 5.91 Å². The molecule has 2 aromatic rings. The third-order valence-electron chi connectivity index (χ3n) is 5.71. The summed E-state index contributed by atoms with van der Waals surface area (Å²) in [5, 5.41) is 12.1. The summed E-state index contributed by atoms with van der Waals surface area (Å²) >= 11 is 0. The fourth-order valence-electron chi connectivity index (χ4n) is 3.84. The molecule has 2 amide bonds. The number of carbonyl (C=O) groups is 2. The van der Waals surface area contributed by atoms with Gasteiger partial charge in [0.1, 0.15) is 18.4 Å². The molecule has 0 aromatic carbocycles. The Bertz CT molecular complexity index is 989. The third kappa shape index (κ3) is 6.44. The Morgan fingerprint density at radius 2 is 2.09 bits per heavy atom. The molecule has 2 N–H and O–H groups in total. The number of nitrogens with zero attached hydrogens (tertiary/aromatic N) is 4. The molecule has 0 bridgehead atoms.